The summed E-state index contributed by atoms with van der Waals surface area (Å²) in [6.45, 7) is 0. The highest BCUT2D eigenvalue weighted by molar-refractivity contribution is 5.77. The first-order valence-electron chi connectivity index (χ1n) is 3.68. The number of carbonyl (C=O) groups is 1. The average molecular weight is 163 g/mol. The van der Waals surface area contributed by atoms with Crippen LogP contribution >= 0.6 is 0 Å². The Balaban J connectivity index is 2.55. The summed E-state index contributed by atoms with van der Waals surface area (Å²) in [4.78, 5) is 10.6. The van der Waals surface area contributed by atoms with Gasteiger partial charge in [0, 0.05) is 11.3 Å². The van der Waals surface area contributed by atoms with Gasteiger partial charge in [0.25, 0.3) is 0 Å². The van der Waals surface area contributed by atoms with Gasteiger partial charge >= 0.3 is 0 Å². The van der Waals surface area contributed by atoms with Crippen molar-refractivity contribution >= 4 is 17.7 Å². The number of aldehydes is 1. The third kappa shape index (κ3) is 0.853. The van der Waals surface area contributed by atoms with Gasteiger partial charge in [-0.3, -0.25) is 0 Å². The number of nitrogens with one attached hydrogen (secondary N) is 2. The lowest BCUT2D eigenvalue weighted by Gasteiger charge is -2.03. The van der Waals surface area contributed by atoms with E-state index in [-0.39, 0.29) is 6.04 Å². The molecule has 0 saturated carbocycles. The predicted molar refractivity (Wildman–Crippen MR) is 46.4 cm³/mol. The maximum absolute atomic E-state index is 10.6. The van der Waals surface area contributed by atoms with Gasteiger partial charge in [-0.1, -0.05) is 6.07 Å². The second-order valence-corrected chi connectivity index (χ2v) is 2.69. The van der Waals surface area contributed by atoms with Gasteiger partial charge < -0.3 is 16.0 Å². The molecule has 4 heteroatoms. The van der Waals surface area contributed by atoms with Crippen molar-refractivity contribution in [2.45, 2.75) is 6.04 Å². The largest absolute Gasteiger partial charge is 0.398 e. The van der Waals surface area contributed by atoms with E-state index >= 15 is 0 Å². The molecule has 1 aliphatic rings. The fourth-order valence-corrected chi connectivity index (χ4v) is 1.37. The van der Waals surface area contributed by atoms with Crippen LogP contribution in [-0.2, 0) is 4.79 Å². The van der Waals surface area contributed by atoms with E-state index < -0.39 is 0 Å². The minimum absolute atomic E-state index is 0.318. The molecule has 1 aromatic carbocycles. The molecule has 1 aliphatic heterocycles. The topological polar surface area (TPSA) is 67.2 Å². The predicted octanol–water partition coefficient (Wildman–Crippen LogP) is 0.439. The number of hydrazine groups is 1. The quantitative estimate of drug-likeness (QED) is 0.415. The van der Waals surface area contributed by atoms with Crippen LogP contribution in [0.1, 0.15) is 11.6 Å². The first kappa shape index (κ1) is 7.12. The van der Waals surface area contributed by atoms with Crippen LogP contribution in [0.2, 0.25) is 0 Å². The first-order chi connectivity index (χ1) is 5.83. The summed E-state index contributed by atoms with van der Waals surface area (Å²) >= 11 is 0. The normalized spacial score (nSPS) is 19.8. The van der Waals surface area contributed by atoms with Gasteiger partial charge in [-0.15, -0.1) is 0 Å². The molecule has 0 spiro atoms. The Hall–Kier alpha value is -1.55. The molecule has 1 unspecified atom stereocenters. The number of fused-ring (bicyclic) bond motifs is 1. The molecule has 0 fully saturated rings. The lowest BCUT2D eigenvalue weighted by atomic mass is 10.1. The lowest BCUT2D eigenvalue weighted by molar-refractivity contribution is -0.109. The number of nitrogen functional groups attached to an aromatic ring is 1. The molecule has 2 rings (SSSR count). The SMILES string of the molecule is Nc1cccc2c1C(C=O)NN2. The lowest BCUT2D eigenvalue weighted by Crippen LogP contribution is -2.19. The summed E-state index contributed by atoms with van der Waals surface area (Å²) in [6, 6.07) is 5.18. The van der Waals surface area contributed by atoms with Crippen LogP contribution in [0.4, 0.5) is 11.4 Å². The van der Waals surface area contributed by atoms with Gasteiger partial charge in [0.1, 0.15) is 12.3 Å². The highest BCUT2D eigenvalue weighted by Gasteiger charge is 2.22. The first-order valence-corrected chi connectivity index (χ1v) is 3.68. The Morgan fingerprint density at radius 3 is 3.08 bits per heavy atom. The average Bonchev–Trinajstić information content (AvgIpc) is 2.49. The fourth-order valence-electron chi connectivity index (χ4n) is 1.37. The molecule has 0 bridgehead atoms. The van der Waals surface area contributed by atoms with Crippen molar-refractivity contribution in [1.29, 1.82) is 0 Å². The molecule has 4 nitrogen and oxygen atoms in total. The van der Waals surface area contributed by atoms with Crippen LogP contribution in [-0.4, -0.2) is 6.29 Å². The molecule has 12 heavy (non-hydrogen) atoms. The van der Waals surface area contributed by atoms with E-state index in [2.05, 4.69) is 10.9 Å². The molecule has 0 radical (unpaired) electrons. The van der Waals surface area contributed by atoms with Crippen LogP contribution < -0.4 is 16.6 Å². The molecule has 1 atom stereocenters. The molecule has 4 N–H and O–H groups in total. The van der Waals surface area contributed by atoms with Crippen LogP contribution in [0.25, 0.3) is 0 Å². The molecule has 0 amide bonds. The number of carbonyl (C=O) groups excluding carboxylic acids is 1. The molecular formula is C8H9N3O. The Bertz CT molecular complexity index is 324. The van der Waals surface area contributed by atoms with Crippen LogP contribution in [0, 0.1) is 0 Å². The van der Waals surface area contributed by atoms with Crippen molar-refractivity contribution in [2.75, 3.05) is 11.2 Å². The highest BCUT2D eigenvalue weighted by atomic mass is 16.1. The summed E-state index contributed by atoms with van der Waals surface area (Å²) in [5, 5.41) is 0. The van der Waals surface area contributed by atoms with Gasteiger partial charge in [-0.05, 0) is 12.1 Å². The van der Waals surface area contributed by atoms with Crippen LogP contribution in [0.3, 0.4) is 0 Å². The summed E-state index contributed by atoms with van der Waals surface area (Å²) in [7, 11) is 0. The summed E-state index contributed by atoms with van der Waals surface area (Å²) in [5.74, 6) is 0. The Kier molecular flexibility index (Phi) is 1.48. The number of anilines is 2. The Morgan fingerprint density at radius 2 is 2.33 bits per heavy atom. The van der Waals surface area contributed by atoms with Crippen molar-refractivity contribution in [1.82, 2.24) is 5.43 Å². The zero-order valence-electron chi connectivity index (χ0n) is 6.37. The maximum Gasteiger partial charge on any atom is 0.143 e. The minimum atomic E-state index is -0.318. The van der Waals surface area contributed by atoms with E-state index in [9.17, 15) is 4.79 Å². The number of benzene rings is 1. The van der Waals surface area contributed by atoms with E-state index in [1.807, 2.05) is 12.1 Å². The third-order valence-electron chi connectivity index (χ3n) is 1.95. The van der Waals surface area contributed by atoms with Crippen LogP contribution in [0.5, 0.6) is 0 Å². The summed E-state index contributed by atoms with van der Waals surface area (Å²) in [6.07, 6.45) is 0.829. The Labute approximate surface area is 69.7 Å². The van der Waals surface area contributed by atoms with Crippen LogP contribution in [0.15, 0.2) is 18.2 Å². The van der Waals surface area contributed by atoms with Crippen molar-refractivity contribution in [3.63, 3.8) is 0 Å². The van der Waals surface area contributed by atoms with Crippen molar-refractivity contribution in [3.05, 3.63) is 23.8 Å². The second-order valence-electron chi connectivity index (χ2n) is 2.69. The monoisotopic (exact) mass is 163 g/mol. The number of rotatable bonds is 1. The van der Waals surface area contributed by atoms with Crippen molar-refractivity contribution in [2.24, 2.45) is 0 Å². The summed E-state index contributed by atoms with van der Waals surface area (Å²) < 4.78 is 0. The molecule has 1 aromatic rings. The molecular weight excluding hydrogens is 154 g/mol. The van der Waals surface area contributed by atoms with Gasteiger partial charge in [0.2, 0.25) is 0 Å². The maximum atomic E-state index is 10.6. The van der Waals surface area contributed by atoms with Gasteiger partial charge in [0.15, 0.2) is 0 Å². The smallest absolute Gasteiger partial charge is 0.143 e. The minimum Gasteiger partial charge on any atom is -0.398 e. The zero-order chi connectivity index (χ0) is 8.55. The van der Waals surface area contributed by atoms with E-state index in [0.717, 1.165) is 17.5 Å². The standard InChI is InChI=1S/C8H9N3O/c9-5-2-1-3-6-8(5)7(4-12)11-10-6/h1-4,7,10-11H,9H2. The molecule has 0 saturated heterocycles. The van der Waals surface area contributed by atoms with Gasteiger partial charge in [0.05, 0.1) is 5.69 Å². The Morgan fingerprint density at radius 1 is 1.50 bits per heavy atom. The van der Waals surface area contributed by atoms with Crippen molar-refractivity contribution < 1.29 is 4.79 Å². The molecule has 0 aliphatic carbocycles. The number of hydrogen-bond acceptors (Lipinski definition) is 4. The fraction of sp³-hybridized carbons (Fsp3) is 0.125. The molecule has 1 heterocycles. The summed E-state index contributed by atoms with van der Waals surface area (Å²) in [5.41, 5.74) is 13.8. The molecule has 0 aromatic heterocycles. The zero-order valence-corrected chi connectivity index (χ0v) is 6.37. The highest BCUT2D eigenvalue weighted by Crippen LogP contribution is 2.31. The van der Waals surface area contributed by atoms with E-state index in [0.29, 0.717) is 5.69 Å². The van der Waals surface area contributed by atoms with Crippen molar-refractivity contribution in [3.8, 4) is 0 Å². The van der Waals surface area contributed by atoms with E-state index in [1.165, 1.54) is 0 Å². The van der Waals surface area contributed by atoms with E-state index in [1.54, 1.807) is 6.07 Å². The van der Waals surface area contributed by atoms with E-state index in [4.69, 9.17) is 5.73 Å². The van der Waals surface area contributed by atoms with Gasteiger partial charge in [-0.25, -0.2) is 5.43 Å². The number of nitrogens with two attached hydrogens (primary N) is 1. The number of hydrogen-bond donors (Lipinski definition) is 3. The second kappa shape index (κ2) is 2.49. The third-order valence-corrected chi connectivity index (χ3v) is 1.95. The molecule has 62 valence electrons. The van der Waals surface area contributed by atoms with Gasteiger partial charge in [-0.2, -0.15) is 0 Å².